The maximum absolute atomic E-state index is 6.42. The molecule has 0 radical (unpaired) electrons. The van der Waals surface area contributed by atoms with Crippen LogP contribution in [0.4, 0.5) is 0 Å². The molecule has 0 amide bonds. The molecular formula is C16H10Cl2OS. The molecule has 0 spiro atoms. The molecule has 0 aliphatic carbocycles. The zero-order chi connectivity index (χ0) is 13.9. The second-order valence-electron chi connectivity index (χ2n) is 4.13. The van der Waals surface area contributed by atoms with Crippen molar-refractivity contribution in [3.63, 3.8) is 0 Å². The lowest BCUT2D eigenvalue weighted by molar-refractivity contribution is 0.578. The van der Waals surface area contributed by atoms with Crippen molar-refractivity contribution >= 4 is 35.0 Å². The summed E-state index contributed by atoms with van der Waals surface area (Å²) in [5.74, 6) is 0.607. The van der Waals surface area contributed by atoms with Gasteiger partial charge in [-0.3, -0.25) is 0 Å². The summed E-state index contributed by atoms with van der Waals surface area (Å²) in [5, 5.41) is 0.873. The molecule has 0 saturated carbocycles. The Hall–Kier alpha value is -1.35. The molecule has 1 heterocycles. The third kappa shape index (κ3) is 2.73. The van der Waals surface area contributed by atoms with Crippen LogP contribution in [0, 0.1) is 0 Å². The van der Waals surface area contributed by atoms with Crippen LogP contribution in [0.5, 0.6) is 0 Å². The molecule has 0 atom stereocenters. The number of hydrogen-bond donors (Lipinski definition) is 0. The normalized spacial score (nSPS) is 10.7. The molecule has 0 N–H and O–H groups in total. The minimum absolute atomic E-state index is 0.322. The van der Waals surface area contributed by atoms with Crippen molar-refractivity contribution in [1.29, 1.82) is 0 Å². The summed E-state index contributed by atoms with van der Waals surface area (Å²) in [6.45, 7) is 0. The first-order chi connectivity index (χ1) is 9.75. The highest BCUT2D eigenvalue weighted by Crippen LogP contribution is 2.45. The molecule has 0 bridgehead atoms. The molecule has 20 heavy (non-hydrogen) atoms. The van der Waals surface area contributed by atoms with Crippen molar-refractivity contribution in [2.45, 2.75) is 9.79 Å². The van der Waals surface area contributed by atoms with E-state index in [1.165, 1.54) is 11.8 Å². The van der Waals surface area contributed by atoms with Crippen LogP contribution >= 0.6 is 35.0 Å². The van der Waals surface area contributed by atoms with E-state index in [0.29, 0.717) is 16.0 Å². The Morgan fingerprint density at radius 2 is 1.40 bits per heavy atom. The number of halogens is 2. The molecule has 0 fully saturated rings. The lowest BCUT2D eigenvalue weighted by Gasteiger charge is -1.99. The van der Waals surface area contributed by atoms with Gasteiger partial charge in [0.05, 0.1) is 4.90 Å². The van der Waals surface area contributed by atoms with Crippen LogP contribution in [0.15, 0.2) is 74.9 Å². The lowest BCUT2D eigenvalue weighted by Crippen LogP contribution is -1.74. The van der Waals surface area contributed by atoms with E-state index in [1.807, 2.05) is 60.7 Å². The van der Waals surface area contributed by atoms with Gasteiger partial charge < -0.3 is 4.42 Å². The molecule has 2 aromatic carbocycles. The third-order valence-corrected chi connectivity index (χ3v) is 4.72. The van der Waals surface area contributed by atoms with E-state index < -0.39 is 0 Å². The summed E-state index contributed by atoms with van der Waals surface area (Å²) in [5.41, 5.74) is 0.916. The summed E-state index contributed by atoms with van der Waals surface area (Å²) in [6.07, 6.45) is 0. The number of furan rings is 1. The molecule has 3 rings (SSSR count). The SMILES string of the molecule is Clc1oc(-c2ccccc2)c(Cl)c1Sc1ccccc1. The minimum Gasteiger partial charge on any atom is -0.442 e. The van der Waals surface area contributed by atoms with Crippen molar-refractivity contribution < 1.29 is 4.42 Å². The van der Waals surface area contributed by atoms with E-state index in [2.05, 4.69) is 0 Å². The van der Waals surface area contributed by atoms with Crippen molar-refractivity contribution in [3.05, 3.63) is 70.9 Å². The van der Waals surface area contributed by atoms with Gasteiger partial charge in [-0.05, 0) is 23.7 Å². The van der Waals surface area contributed by atoms with E-state index in [9.17, 15) is 0 Å². The topological polar surface area (TPSA) is 13.1 Å². The Labute approximate surface area is 131 Å². The Morgan fingerprint density at radius 1 is 0.800 bits per heavy atom. The maximum atomic E-state index is 6.42. The van der Waals surface area contributed by atoms with Gasteiger partial charge in [-0.15, -0.1) is 0 Å². The Bertz CT molecular complexity index is 708. The van der Waals surface area contributed by atoms with E-state index in [4.69, 9.17) is 27.6 Å². The van der Waals surface area contributed by atoms with Gasteiger partial charge in [-0.25, -0.2) is 0 Å². The molecule has 0 unspecified atom stereocenters. The van der Waals surface area contributed by atoms with Gasteiger partial charge in [0.1, 0.15) is 5.02 Å². The monoisotopic (exact) mass is 320 g/mol. The molecule has 4 heteroatoms. The number of benzene rings is 2. The zero-order valence-corrected chi connectivity index (χ0v) is 12.7. The first-order valence-corrected chi connectivity index (χ1v) is 7.59. The van der Waals surface area contributed by atoms with Gasteiger partial charge in [0, 0.05) is 10.5 Å². The molecular weight excluding hydrogens is 311 g/mol. The molecule has 3 aromatic rings. The maximum Gasteiger partial charge on any atom is 0.209 e. The van der Waals surface area contributed by atoms with E-state index in [-0.39, 0.29) is 0 Å². The second kappa shape index (κ2) is 5.96. The van der Waals surface area contributed by atoms with Crippen molar-refractivity contribution in [3.8, 4) is 11.3 Å². The van der Waals surface area contributed by atoms with E-state index in [0.717, 1.165) is 15.4 Å². The number of rotatable bonds is 3. The Balaban J connectivity index is 1.99. The van der Waals surface area contributed by atoms with Crippen LogP contribution in [0.25, 0.3) is 11.3 Å². The van der Waals surface area contributed by atoms with Crippen LogP contribution in [-0.2, 0) is 0 Å². The summed E-state index contributed by atoms with van der Waals surface area (Å²) in [6, 6.07) is 19.6. The average Bonchev–Trinajstić information content (AvgIpc) is 2.77. The highest BCUT2D eigenvalue weighted by molar-refractivity contribution is 7.99. The van der Waals surface area contributed by atoms with Crippen LogP contribution < -0.4 is 0 Å². The first-order valence-electron chi connectivity index (χ1n) is 6.02. The van der Waals surface area contributed by atoms with Crippen molar-refractivity contribution in [1.82, 2.24) is 0 Å². The predicted molar refractivity (Wildman–Crippen MR) is 84.7 cm³/mol. The standard InChI is InChI=1S/C16H10Cl2OS/c17-13-14(11-7-3-1-4-8-11)19-16(18)15(13)20-12-9-5-2-6-10-12/h1-10H. The molecule has 1 aromatic heterocycles. The fourth-order valence-corrected chi connectivity index (χ4v) is 3.35. The van der Waals surface area contributed by atoms with Gasteiger partial charge in [-0.1, -0.05) is 71.9 Å². The zero-order valence-electron chi connectivity index (χ0n) is 10.3. The first kappa shape index (κ1) is 13.6. The molecule has 0 saturated heterocycles. The van der Waals surface area contributed by atoms with E-state index >= 15 is 0 Å². The smallest absolute Gasteiger partial charge is 0.209 e. The van der Waals surface area contributed by atoms with Crippen LogP contribution in [0.3, 0.4) is 0 Å². The summed E-state index contributed by atoms with van der Waals surface area (Å²) >= 11 is 14.1. The van der Waals surface area contributed by atoms with Crippen molar-refractivity contribution in [2.75, 3.05) is 0 Å². The second-order valence-corrected chi connectivity index (χ2v) is 5.93. The van der Waals surface area contributed by atoms with Gasteiger partial charge in [0.15, 0.2) is 5.76 Å². The molecule has 100 valence electrons. The molecule has 0 aliphatic heterocycles. The Kier molecular flexibility index (Phi) is 4.06. The third-order valence-electron chi connectivity index (χ3n) is 2.77. The van der Waals surface area contributed by atoms with E-state index in [1.54, 1.807) is 0 Å². The van der Waals surface area contributed by atoms with Gasteiger partial charge in [-0.2, -0.15) is 0 Å². The molecule has 1 nitrogen and oxygen atoms in total. The highest BCUT2D eigenvalue weighted by atomic mass is 35.5. The van der Waals surface area contributed by atoms with Gasteiger partial charge in [0.25, 0.3) is 0 Å². The van der Waals surface area contributed by atoms with Crippen LogP contribution in [0.1, 0.15) is 0 Å². The molecule has 0 aliphatic rings. The average molecular weight is 321 g/mol. The quantitative estimate of drug-likeness (QED) is 0.553. The summed E-state index contributed by atoms with van der Waals surface area (Å²) in [4.78, 5) is 1.81. The summed E-state index contributed by atoms with van der Waals surface area (Å²) < 4.78 is 5.62. The minimum atomic E-state index is 0.322. The summed E-state index contributed by atoms with van der Waals surface area (Å²) in [7, 11) is 0. The number of hydrogen-bond acceptors (Lipinski definition) is 2. The van der Waals surface area contributed by atoms with Crippen LogP contribution in [0.2, 0.25) is 10.2 Å². The fraction of sp³-hybridized carbons (Fsp3) is 0. The Morgan fingerprint density at radius 3 is 2.05 bits per heavy atom. The lowest BCUT2D eigenvalue weighted by atomic mass is 10.2. The van der Waals surface area contributed by atoms with Crippen LogP contribution in [-0.4, -0.2) is 0 Å². The largest absolute Gasteiger partial charge is 0.442 e. The van der Waals surface area contributed by atoms with Gasteiger partial charge in [0.2, 0.25) is 5.22 Å². The highest BCUT2D eigenvalue weighted by Gasteiger charge is 2.19. The van der Waals surface area contributed by atoms with Gasteiger partial charge >= 0.3 is 0 Å². The van der Waals surface area contributed by atoms with Crippen molar-refractivity contribution in [2.24, 2.45) is 0 Å². The predicted octanol–water partition coefficient (Wildman–Crippen LogP) is 6.40. The fourth-order valence-electron chi connectivity index (χ4n) is 1.84.